The Morgan fingerprint density at radius 3 is 3.00 bits per heavy atom. The van der Waals surface area contributed by atoms with Gasteiger partial charge in [-0.3, -0.25) is 9.89 Å². The lowest BCUT2D eigenvalue weighted by molar-refractivity contribution is 0.101. The molecule has 0 unspecified atom stereocenters. The predicted molar refractivity (Wildman–Crippen MR) is 91.3 cm³/mol. The molecule has 0 saturated heterocycles. The Labute approximate surface area is 144 Å². The molecule has 7 heteroatoms. The molecule has 2 heterocycles. The number of nitrogens with zero attached hydrogens (tertiary/aromatic N) is 3. The number of hydrogen-bond acceptors (Lipinski definition) is 5. The number of aromatic nitrogens is 3. The highest BCUT2D eigenvalue weighted by Gasteiger charge is 2.24. The van der Waals surface area contributed by atoms with Crippen LogP contribution >= 0.6 is 0 Å². The van der Waals surface area contributed by atoms with Gasteiger partial charge in [-0.2, -0.15) is 10.4 Å². The zero-order valence-electron chi connectivity index (χ0n) is 13.8. The van der Waals surface area contributed by atoms with Gasteiger partial charge in [-0.05, 0) is 43.9 Å². The standard InChI is InChI=1S/C18H17N5O2/c1-10-7-13-14(8-11(10)9-19)21-22-17(13)20-18(24)16-12-5-3-2-4-6-15(12)25-23-16/h7-8H,2-6H2,1H3,(H2,20,21,22,24). The number of benzene rings is 1. The first-order valence-corrected chi connectivity index (χ1v) is 8.35. The largest absolute Gasteiger partial charge is 0.360 e. The Balaban J connectivity index is 1.66. The maximum Gasteiger partial charge on any atom is 0.279 e. The van der Waals surface area contributed by atoms with Crippen molar-refractivity contribution >= 4 is 22.6 Å². The fourth-order valence-corrected chi connectivity index (χ4v) is 3.30. The van der Waals surface area contributed by atoms with Crippen LogP contribution in [0.25, 0.3) is 10.9 Å². The van der Waals surface area contributed by atoms with Gasteiger partial charge in [0, 0.05) is 17.4 Å². The fourth-order valence-electron chi connectivity index (χ4n) is 3.30. The highest BCUT2D eigenvalue weighted by Crippen LogP contribution is 2.27. The first kappa shape index (κ1) is 15.4. The first-order valence-electron chi connectivity index (χ1n) is 8.35. The third-order valence-electron chi connectivity index (χ3n) is 4.68. The number of anilines is 1. The predicted octanol–water partition coefficient (Wildman–Crippen LogP) is 3.25. The zero-order valence-corrected chi connectivity index (χ0v) is 13.8. The molecular formula is C18H17N5O2. The maximum atomic E-state index is 12.7. The summed E-state index contributed by atoms with van der Waals surface area (Å²) in [4.78, 5) is 12.7. The molecule has 7 nitrogen and oxygen atoms in total. The average molecular weight is 335 g/mol. The number of rotatable bonds is 2. The second kappa shape index (κ2) is 6.06. The quantitative estimate of drug-likeness (QED) is 0.699. The van der Waals surface area contributed by atoms with Gasteiger partial charge in [-0.25, -0.2) is 0 Å². The van der Waals surface area contributed by atoms with Gasteiger partial charge in [0.2, 0.25) is 0 Å². The number of carbonyl (C=O) groups is 1. The molecule has 1 aliphatic carbocycles. The van der Waals surface area contributed by atoms with E-state index in [0.717, 1.165) is 54.4 Å². The van der Waals surface area contributed by atoms with E-state index in [0.29, 0.717) is 22.6 Å². The van der Waals surface area contributed by atoms with Gasteiger partial charge >= 0.3 is 0 Å². The number of amides is 1. The minimum absolute atomic E-state index is 0.317. The molecule has 0 spiro atoms. The molecule has 25 heavy (non-hydrogen) atoms. The Hall–Kier alpha value is -3.14. The Kier molecular flexibility index (Phi) is 3.73. The average Bonchev–Trinajstić information content (AvgIpc) is 3.10. The number of fused-ring (bicyclic) bond motifs is 2. The van der Waals surface area contributed by atoms with Gasteiger partial charge < -0.3 is 9.84 Å². The van der Waals surface area contributed by atoms with E-state index in [1.54, 1.807) is 6.07 Å². The molecular weight excluding hydrogens is 318 g/mol. The van der Waals surface area contributed by atoms with Crippen LogP contribution in [-0.4, -0.2) is 21.3 Å². The number of nitrogens with one attached hydrogen (secondary N) is 2. The number of hydrogen-bond donors (Lipinski definition) is 2. The van der Waals surface area contributed by atoms with Gasteiger partial charge in [0.15, 0.2) is 11.5 Å². The van der Waals surface area contributed by atoms with Crippen molar-refractivity contribution in [1.82, 2.24) is 15.4 Å². The lowest BCUT2D eigenvalue weighted by Gasteiger charge is -2.03. The summed E-state index contributed by atoms with van der Waals surface area (Å²) < 4.78 is 5.37. The van der Waals surface area contributed by atoms with Crippen LogP contribution < -0.4 is 5.32 Å². The smallest absolute Gasteiger partial charge is 0.279 e. The molecule has 2 aromatic heterocycles. The van der Waals surface area contributed by atoms with Crippen LogP contribution in [0.5, 0.6) is 0 Å². The highest BCUT2D eigenvalue weighted by molar-refractivity contribution is 6.07. The molecule has 3 aromatic rings. The van der Waals surface area contributed by atoms with E-state index in [-0.39, 0.29) is 5.91 Å². The zero-order chi connectivity index (χ0) is 17.4. The van der Waals surface area contributed by atoms with Gasteiger partial charge in [0.25, 0.3) is 5.91 Å². The van der Waals surface area contributed by atoms with Crippen LogP contribution in [0.4, 0.5) is 5.82 Å². The van der Waals surface area contributed by atoms with Crippen molar-refractivity contribution in [2.24, 2.45) is 0 Å². The molecule has 0 saturated carbocycles. The summed E-state index contributed by atoms with van der Waals surface area (Å²) >= 11 is 0. The fraction of sp³-hybridized carbons (Fsp3) is 0.333. The topological polar surface area (TPSA) is 108 Å². The summed E-state index contributed by atoms with van der Waals surface area (Å²) in [5.41, 5.74) is 3.38. The van der Waals surface area contributed by atoms with Crippen LogP contribution in [0.3, 0.4) is 0 Å². The SMILES string of the molecule is Cc1cc2c(NC(=O)c3noc4c3CCCCC4)n[nH]c2cc1C#N. The van der Waals surface area contributed by atoms with Crippen molar-refractivity contribution in [3.8, 4) is 6.07 Å². The van der Waals surface area contributed by atoms with E-state index in [2.05, 4.69) is 26.7 Å². The molecule has 0 bridgehead atoms. The van der Waals surface area contributed by atoms with E-state index in [4.69, 9.17) is 9.78 Å². The van der Waals surface area contributed by atoms with Crippen molar-refractivity contribution in [3.05, 3.63) is 40.3 Å². The van der Waals surface area contributed by atoms with Gasteiger partial charge in [-0.1, -0.05) is 11.6 Å². The monoisotopic (exact) mass is 335 g/mol. The molecule has 1 aliphatic rings. The normalized spacial score (nSPS) is 13.9. The molecule has 4 rings (SSSR count). The lowest BCUT2D eigenvalue weighted by Crippen LogP contribution is -2.15. The van der Waals surface area contributed by atoms with Crippen LogP contribution in [0.1, 0.15) is 52.2 Å². The van der Waals surface area contributed by atoms with Crippen molar-refractivity contribution in [3.63, 3.8) is 0 Å². The first-order chi connectivity index (χ1) is 12.2. The second-order valence-corrected chi connectivity index (χ2v) is 6.34. The molecule has 0 atom stereocenters. The Morgan fingerprint density at radius 1 is 1.32 bits per heavy atom. The molecule has 0 fully saturated rings. The minimum atomic E-state index is -0.317. The van der Waals surface area contributed by atoms with E-state index >= 15 is 0 Å². The Morgan fingerprint density at radius 2 is 2.16 bits per heavy atom. The Bertz CT molecular complexity index is 1010. The van der Waals surface area contributed by atoms with Crippen LogP contribution in [0.2, 0.25) is 0 Å². The maximum absolute atomic E-state index is 12.7. The summed E-state index contributed by atoms with van der Waals surface area (Å²) in [5, 5.41) is 23.7. The summed E-state index contributed by atoms with van der Waals surface area (Å²) in [6.45, 7) is 1.86. The third kappa shape index (κ3) is 2.66. The number of nitriles is 1. The molecule has 0 aliphatic heterocycles. The summed E-state index contributed by atoms with van der Waals surface area (Å²) in [6, 6.07) is 5.72. The van der Waals surface area contributed by atoms with Crippen LogP contribution in [0.15, 0.2) is 16.7 Å². The summed E-state index contributed by atoms with van der Waals surface area (Å²) in [6.07, 6.45) is 4.88. The van der Waals surface area contributed by atoms with Gasteiger partial charge in [-0.15, -0.1) is 0 Å². The molecule has 1 amide bonds. The van der Waals surface area contributed by atoms with Crippen molar-refractivity contribution in [1.29, 1.82) is 5.26 Å². The summed E-state index contributed by atoms with van der Waals surface area (Å²) in [5.74, 6) is 0.935. The van der Waals surface area contributed by atoms with Crippen LogP contribution in [0, 0.1) is 18.3 Å². The second-order valence-electron chi connectivity index (χ2n) is 6.34. The number of H-pyrrole nitrogens is 1. The molecule has 0 radical (unpaired) electrons. The van der Waals surface area contributed by atoms with Crippen molar-refractivity contribution in [2.75, 3.05) is 5.32 Å². The number of aryl methyl sites for hydroxylation is 2. The van der Waals surface area contributed by atoms with Gasteiger partial charge in [0.1, 0.15) is 5.76 Å². The third-order valence-corrected chi connectivity index (χ3v) is 4.68. The molecule has 126 valence electrons. The molecule has 2 N–H and O–H groups in total. The highest BCUT2D eigenvalue weighted by atomic mass is 16.5. The van der Waals surface area contributed by atoms with E-state index in [1.807, 2.05) is 13.0 Å². The minimum Gasteiger partial charge on any atom is -0.360 e. The van der Waals surface area contributed by atoms with Gasteiger partial charge in [0.05, 0.1) is 17.1 Å². The number of aromatic amines is 1. The lowest BCUT2D eigenvalue weighted by atomic mass is 10.1. The molecule has 1 aromatic carbocycles. The summed E-state index contributed by atoms with van der Waals surface area (Å²) in [7, 11) is 0. The van der Waals surface area contributed by atoms with E-state index in [9.17, 15) is 4.79 Å². The van der Waals surface area contributed by atoms with Crippen molar-refractivity contribution < 1.29 is 9.32 Å². The van der Waals surface area contributed by atoms with Crippen molar-refractivity contribution in [2.45, 2.75) is 39.0 Å². The van der Waals surface area contributed by atoms with E-state index in [1.165, 1.54) is 0 Å². The van der Waals surface area contributed by atoms with E-state index < -0.39 is 0 Å². The van der Waals surface area contributed by atoms with Crippen LogP contribution in [-0.2, 0) is 12.8 Å². The number of carbonyl (C=O) groups excluding carboxylic acids is 1.